The number of aromatic nitrogens is 5. The molecule has 0 aliphatic carbocycles. The number of likely N-dealkylation sites (tertiary alicyclic amines) is 2. The molecule has 3 aromatic carbocycles. The van der Waals surface area contributed by atoms with Crippen molar-refractivity contribution in [1.29, 1.82) is 0 Å². The predicted molar refractivity (Wildman–Crippen MR) is 244 cm³/mol. The minimum Gasteiger partial charge on any atom is -0.465 e. The number of methoxy groups -OCH3 is 2. The molecule has 6 aromatic rings. The minimum absolute atomic E-state index is 0.165. The lowest BCUT2D eigenvalue weighted by Crippen LogP contribution is -2.51. The van der Waals surface area contributed by atoms with E-state index in [0.29, 0.717) is 52.7 Å². The SMILES string of the molecule is COC(=O)N[C@H](C(=O)N1CCC[C@H]1c1ncc(-c2cc(F)c3c(c2)OC(c2ccccc2)n2c-3cc3cc(-c4cnc([C@@H]5CC(F)(F)CN5C(=O)[C@@H](NC(=O)OC)C(C)C)[nH]4)ccc32)[nH]1)C(C)C. The number of alkyl carbamates (subject to hydrolysis) is 2. The summed E-state index contributed by atoms with van der Waals surface area (Å²) in [5, 5.41) is 5.88. The number of nitrogens with zero attached hydrogens (tertiary/aromatic N) is 5. The Balaban J connectivity index is 1.03. The third-order valence-corrected chi connectivity index (χ3v) is 13.0. The van der Waals surface area contributed by atoms with Crippen molar-refractivity contribution in [2.75, 3.05) is 27.3 Å². The van der Waals surface area contributed by atoms with Crippen molar-refractivity contribution in [3.8, 4) is 39.5 Å². The van der Waals surface area contributed by atoms with Gasteiger partial charge >= 0.3 is 12.2 Å². The molecule has 0 spiro atoms. The fourth-order valence-corrected chi connectivity index (χ4v) is 9.60. The Kier molecular flexibility index (Phi) is 12.2. The van der Waals surface area contributed by atoms with Crippen LogP contribution in [0, 0.1) is 17.7 Å². The Labute approximate surface area is 389 Å². The summed E-state index contributed by atoms with van der Waals surface area (Å²) >= 11 is 0. The number of halogens is 3. The number of benzene rings is 3. The second kappa shape index (κ2) is 18.1. The highest BCUT2D eigenvalue weighted by atomic mass is 19.3. The fraction of sp³-hybridized carbons (Fsp3) is 0.388. The maximum atomic E-state index is 16.8. The molecule has 0 radical (unpaired) electrons. The zero-order valence-corrected chi connectivity index (χ0v) is 38.3. The van der Waals surface area contributed by atoms with Crippen LogP contribution in [0.4, 0.5) is 22.8 Å². The lowest BCUT2D eigenvalue weighted by molar-refractivity contribution is -0.137. The second-order valence-electron chi connectivity index (χ2n) is 18.2. The van der Waals surface area contributed by atoms with E-state index in [1.165, 1.54) is 19.4 Å². The highest BCUT2D eigenvalue weighted by Crippen LogP contribution is 2.48. The summed E-state index contributed by atoms with van der Waals surface area (Å²) in [7, 11) is 2.41. The summed E-state index contributed by atoms with van der Waals surface area (Å²) in [4.78, 5) is 70.1. The lowest BCUT2D eigenvalue weighted by Gasteiger charge is -2.31. The molecule has 4 amide bonds. The average Bonchev–Trinajstić information content (AvgIpc) is 4.18. The van der Waals surface area contributed by atoms with E-state index in [2.05, 4.69) is 35.3 Å². The van der Waals surface area contributed by atoms with Crippen LogP contribution in [-0.4, -0.2) is 104 Å². The molecule has 9 rings (SSSR count). The third kappa shape index (κ3) is 8.49. The van der Waals surface area contributed by atoms with Crippen LogP contribution in [0.15, 0.2) is 79.1 Å². The number of alkyl halides is 2. The number of carbonyl (C=O) groups excluding carboxylic acids is 4. The maximum absolute atomic E-state index is 16.8. The Hall–Kier alpha value is -7.31. The average molecular weight is 936 g/mol. The number of amides is 4. The van der Waals surface area contributed by atoms with Crippen LogP contribution in [-0.2, 0) is 19.1 Å². The molecule has 5 atom stereocenters. The standard InChI is InChI=1S/C49H52F3N9O7/c1-25(2)40(57-47(64)66-5)44(62)59-16-10-13-35(59)42-53-23-33(56-42)29-18-31(50)39-36-19-30-17-28(14-15-34(30)61(36)46(68-38(39)20-29)27-11-8-7-9-12-27)32-22-54-43(55-32)37-21-49(51,52)24-60(37)45(63)41(26(3)4)58-48(65)67-6/h7-9,11-12,14-15,17-20,22-23,25-26,35,37,40-41,46H,10,13,16,21,24H2,1-6H3,(H,53,56)(H,54,55)(H,57,64)(H,58,65)/t35-,37-,40-,41-,46?/m0/s1. The smallest absolute Gasteiger partial charge is 0.407 e. The lowest BCUT2D eigenvalue weighted by atomic mass is 10.0. The molecule has 2 fully saturated rings. The molecule has 68 heavy (non-hydrogen) atoms. The molecule has 3 aliphatic heterocycles. The minimum atomic E-state index is -3.20. The predicted octanol–water partition coefficient (Wildman–Crippen LogP) is 8.50. The van der Waals surface area contributed by atoms with Crippen LogP contribution in [0.1, 0.15) is 82.5 Å². The van der Waals surface area contributed by atoms with Gasteiger partial charge in [0, 0.05) is 35.0 Å². The summed E-state index contributed by atoms with van der Waals surface area (Å²) in [6.45, 7) is 6.74. The van der Waals surface area contributed by atoms with Crippen molar-refractivity contribution in [3.63, 3.8) is 0 Å². The van der Waals surface area contributed by atoms with E-state index in [1.54, 1.807) is 31.0 Å². The summed E-state index contributed by atoms with van der Waals surface area (Å²) < 4.78 is 65.0. The number of hydrogen-bond acceptors (Lipinski definition) is 9. The van der Waals surface area contributed by atoms with Crippen molar-refractivity contribution in [1.82, 2.24) is 44.9 Å². The zero-order chi connectivity index (χ0) is 48.2. The van der Waals surface area contributed by atoms with E-state index in [-0.39, 0.29) is 23.2 Å². The van der Waals surface area contributed by atoms with Crippen LogP contribution in [0.2, 0.25) is 0 Å². The van der Waals surface area contributed by atoms with Crippen LogP contribution < -0.4 is 15.4 Å². The van der Waals surface area contributed by atoms with Crippen LogP contribution in [0.25, 0.3) is 44.7 Å². The topological polar surface area (TPSA) is 189 Å². The van der Waals surface area contributed by atoms with Gasteiger partial charge in [0.15, 0.2) is 0 Å². The van der Waals surface area contributed by atoms with Gasteiger partial charge in [0.1, 0.15) is 35.3 Å². The van der Waals surface area contributed by atoms with Gasteiger partial charge in [0.2, 0.25) is 18.0 Å². The van der Waals surface area contributed by atoms with E-state index in [9.17, 15) is 19.2 Å². The maximum Gasteiger partial charge on any atom is 0.407 e. The van der Waals surface area contributed by atoms with Gasteiger partial charge in [-0.05, 0) is 55.0 Å². The highest BCUT2D eigenvalue weighted by molar-refractivity contribution is 5.93. The van der Waals surface area contributed by atoms with E-state index < -0.39 is 79.1 Å². The number of fused-ring (bicyclic) bond motifs is 5. The molecular formula is C49H52F3N9O7. The van der Waals surface area contributed by atoms with Crippen molar-refractivity contribution < 1.29 is 46.6 Å². The second-order valence-corrected chi connectivity index (χ2v) is 18.2. The molecule has 1 unspecified atom stereocenters. The number of carbonyl (C=O) groups is 4. The van der Waals surface area contributed by atoms with Gasteiger partial charge in [-0.15, -0.1) is 0 Å². The first-order valence-electron chi connectivity index (χ1n) is 22.5. The summed E-state index contributed by atoms with van der Waals surface area (Å²) in [5.74, 6) is -4.26. The first kappa shape index (κ1) is 45.8. The monoisotopic (exact) mass is 935 g/mol. The van der Waals surface area contributed by atoms with Crippen LogP contribution >= 0.6 is 0 Å². The Morgan fingerprint density at radius 1 is 0.794 bits per heavy atom. The molecule has 0 bridgehead atoms. The Morgan fingerprint density at radius 2 is 1.41 bits per heavy atom. The largest absolute Gasteiger partial charge is 0.465 e. The molecule has 6 heterocycles. The Morgan fingerprint density at radius 3 is 2.04 bits per heavy atom. The number of hydrogen-bond donors (Lipinski definition) is 4. The van der Waals surface area contributed by atoms with Crippen molar-refractivity contribution in [2.45, 2.75) is 83.3 Å². The zero-order valence-electron chi connectivity index (χ0n) is 38.3. The Bertz CT molecular complexity index is 2900. The van der Waals surface area contributed by atoms with Crippen molar-refractivity contribution in [2.24, 2.45) is 11.8 Å². The molecule has 4 N–H and O–H groups in total. The fourth-order valence-electron chi connectivity index (χ4n) is 9.60. The number of H-pyrrole nitrogens is 2. The van der Waals surface area contributed by atoms with Gasteiger partial charge in [-0.25, -0.2) is 32.7 Å². The van der Waals surface area contributed by atoms with Gasteiger partial charge in [-0.1, -0.05) is 64.1 Å². The number of nitrogens with one attached hydrogen (secondary N) is 4. The van der Waals surface area contributed by atoms with Gasteiger partial charge in [0.25, 0.3) is 5.92 Å². The normalized spacial score (nSPS) is 19.4. The van der Waals surface area contributed by atoms with Gasteiger partial charge in [-0.2, -0.15) is 0 Å². The molecule has 19 heteroatoms. The molecule has 0 saturated carbocycles. The van der Waals surface area contributed by atoms with Gasteiger partial charge < -0.3 is 49.2 Å². The van der Waals surface area contributed by atoms with E-state index >= 15 is 13.2 Å². The van der Waals surface area contributed by atoms with E-state index in [1.807, 2.05) is 73.0 Å². The quantitative estimate of drug-likeness (QED) is 0.0988. The van der Waals surface area contributed by atoms with Crippen LogP contribution in [0.3, 0.4) is 0 Å². The van der Waals surface area contributed by atoms with Crippen molar-refractivity contribution >= 4 is 34.9 Å². The molecule has 356 valence electrons. The summed E-state index contributed by atoms with van der Waals surface area (Å²) in [6.07, 6.45) is 1.61. The number of aromatic amines is 2. The molecular weight excluding hydrogens is 884 g/mol. The summed E-state index contributed by atoms with van der Waals surface area (Å²) in [6, 6.07) is 16.9. The van der Waals surface area contributed by atoms with E-state index in [4.69, 9.17) is 9.47 Å². The number of imidazole rings is 2. The first-order chi connectivity index (χ1) is 32.5. The third-order valence-electron chi connectivity index (χ3n) is 13.0. The van der Waals surface area contributed by atoms with E-state index in [0.717, 1.165) is 34.9 Å². The number of rotatable bonds is 11. The first-order valence-corrected chi connectivity index (χ1v) is 22.5. The molecule has 2 saturated heterocycles. The highest BCUT2D eigenvalue weighted by Gasteiger charge is 2.50. The molecule has 3 aliphatic rings. The molecule has 16 nitrogen and oxygen atoms in total. The molecule has 3 aromatic heterocycles. The van der Waals surface area contributed by atoms with Crippen LogP contribution in [0.5, 0.6) is 5.75 Å². The van der Waals surface area contributed by atoms with Gasteiger partial charge in [0.05, 0.1) is 73.4 Å². The summed E-state index contributed by atoms with van der Waals surface area (Å²) in [5.41, 5.74) is 4.56. The number of ether oxygens (including phenoxy) is 3. The van der Waals surface area contributed by atoms with Gasteiger partial charge in [-0.3, -0.25) is 9.59 Å². The van der Waals surface area contributed by atoms with Crippen molar-refractivity contribution in [3.05, 3.63) is 102 Å².